The van der Waals surface area contributed by atoms with Crippen LogP contribution in [0.4, 0.5) is 0 Å². The van der Waals surface area contributed by atoms with Crippen molar-refractivity contribution >= 4 is 43.7 Å². The number of furan rings is 1. The summed E-state index contributed by atoms with van der Waals surface area (Å²) in [5.41, 5.74) is 16.8. The summed E-state index contributed by atoms with van der Waals surface area (Å²) >= 11 is 0. The lowest BCUT2D eigenvalue weighted by molar-refractivity contribution is 0.670. The van der Waals surface area contributed by atoms with E-state index in [-0.39, 0.29) is 0 Å². The Kier molecular flexibility index (Phi) is 9.43. The van der Waals surface area contributed by atoms with Crippen molar-refractivity contribution in [3.05, 3.63) is 243 Å². The first kappa shape index (κ1) is 39.2. The van der Waals surface area contributed by atoms with Crippen LogP contribution in [0.25, 0.3) is 128 Å². The van der Waals surface area contributed by atoms with Crippen molar-refractivity contribution in [1.82, 2.24) is 19.5 Å². The second-order valence-corrected chi connectivity index (χ2v) is 17.2. The number of rotatable bonds is 8. The highest BCUT2D eigenvalue weighted by molar-refractivity contribution is 6.18. The molecule has 0 amide bonds. The number of fused-ring (bicyclic) bond motifs is 6. The molecule has 0 bridgehead atoms. The molecule has 68 heavy (non-hydrogen) atoms. The maximum Gasteiger partial charge on any atom is 0.167 e. The van der Waals surface area contributed by atoms with Crippen LogP contribution in [-0.4, -0.2) is 19.5 Å². The van der Waals surface area contributed by atoms with Crippen molar-refractivity contribution in [3.8, 4) is 84.4 Å². The molecular weight excluding hydrogens is 829 g/mol. The van der Waals surface area contributed by atoms with Gasteiger partial charge in [-0.1, -0.05) is 200 Å². The minimum atomic E-state index is 0.544. The van der Waals surface area contributed by atoms with Crippen molar-refractivity contribution in [2.45, 2.75) is 0 Å². The second-order valence-electron chi connectivity index (χ2n) is 17.2. The van der Waals surface area contributed by atoms with Gasteiger partial charge in [0, 0.05) is 38.4 Å². The van der Waals surface area contributed by atoms with Gasteiger partial charge in [-0.3, -0.25) is 0 Å². The standard InChI is InChI=1S/C63H40N4O/c1-4-14-41(15-5-1)44-26-30-47(31-27-44)61-64-62(48-32-28-45(29-33-48)42-16-6-2-7-17-42)66-63(65-61)54-24-13-23-53-56-39-58-55(40-59(56)68-60(53)54)52-22-10-11-25-57(52)67(58)51-36-34-46(35-37-51)50-21-12-20-49(38-50)43-18-8-3-9-19-43/h1-40H. The zero-order valence-corrected chi connectivity index (χ0v) is 36.8. The van der Waals surface area contributed by atoms with Gasteiger partial charge in [-0.05, 0) is 87.0 Å². The van der Waals surface area contributed by atoms with E-state index in [1.54, 1.807) is 0 Å². The van der Waals surface area contributed by atoms with Crippen LogP contribution in [0, 0.1) is 0 Å². The fourth-order valence-electron chi connectivity index (χ4n) is 9.66. The summed E-state index contributed by atoms with van der Waals surface area (Å²) in [5, 5.41) is 4.30. The molecule has 13 aromatic rings. The number of nitrogens with zero attached hydrogens (tertiary/aromatic N) is 4. The molecule has 318 valence electrons. The van der Waals surface area contributed by atoms with E-state index in [9.17, 15) is 0 Å². The number of hydrogen-bond donors (Lipinski definition) is 0. The van der Waals surface area contributed by atoms with Crippen molar-refractivity contribution < 1.29 is 4.42 Å². The molecule has 10 aromatic carbocycles. The third-order valence-electron chi connectivity index (χ3n) is 13.1. The zero-order valence-electron chi connectivity index (χ0n) is 36.8. The molecule has 0 atom stereocenters. The molecule has 0 saturated heterocycles. The molecule has 0 aliphatic rings. The van der Waals surface area contributed by atoms with Crippen molar-refractivity contribution in [3.63, 3.8) is 0 Å². The van der Waals surface area contributed by atoms with Crippen molar-refractivity contribution in [1.29, 1.82) is 0 Å². The lowest BCUT2D eigenvalue weighted by atomic mass is 9.99. The summed E-state index contributed by atoms with van der Waals surface area (Å²) in [4.78, 5) is 15.5. The van der Waals surface area contributed by atoms with Gasteiger partial charge in [-0.15, -0.1) is 0 Å². The highest BCUT2D eigenvalue weighted by atomic mass is 16.3. The third-order valence-corrected chi connectivity index (χ3v) is 13.1. The Hall–Kier alpha value is -9.19. The summed E-state index contributed by atoms with van der Waals surface area (Å²) in [6.45, 7) is 0. The van der Waals surface area contributed by atoms with E-state index in [1.807, 2.05) is 12.1 Å². The minimum Gasteiger partial charge on any atom is -0.455 e. The fourth-order valence-corrected chi connectivity index (χ4v) is 9.66. The third kappa shape index (κ3) is 6.93. The van der Waals surface area contributed by atoms with Gasteiger partial charge in [0.1, 0.15) is 11.2 Å². The Morgan fingerprint density at radius 2 is 0.721 bits per heavy atom. The smallest absolute Gasteiger partial charge is 0.167 e. The minimum absolute atomic E-state index is 0.544. The molecule has 0 saturated carbocycles. The Labute approximate surface area is 392 Å². The monoisotopic (exact) mass is 868 g/mol. The van der Waals surface area contributed by atoms with Crippen LogP contribution in [-0.2, 0) is 0 Å². The lowest BCUT2D eigenvalue weighted by Gasteiger charge is -2.10. The van der Waals surface area contributed by atoms with Gasteiger partial charge in [0.15, 0.2) is 17.5 Å². The van der Waals surface area contributed by atoms with Crippen LogP contribution < -0.4 is 0 Å². The maximum atomic E-state index is 6.93. The van der Waals surface area contributed by atoms with Gasteiger partial charge in [-0.25, -0.2) is 15.0 Å². The fraction of sp³-hybridized carbons (Fsp3) is 0. The molecule has 0 radical (unpaired) electrons. The number of hydrogen-bond acceptors (Lipinski definition) is 4. The summed E-state index contributed by atoms with van der Waals surface area (Å²) < 4.78 is 9.30. The molecular formula is C63H40N4O. The van der Waals surface area contributed by atoms with Crippen LogP contribution in [0.3, 0.4) is 0 Å². The average Bonchev–Trinajstić information content (AvgIpc) is 3.96. The molecule has 3 heterocycles. The first-order valence-electron chi connectivity index (χ1n) is 22.9. The summed E-state index contributed by atoms with van der Waals surface area (Å²) in [7, 11) is 0. The Bertz CT molecular complexity index is 3870. The number of para-hydroxylation sites is 2. The van der Waals surface area contributed by atoms with E-state index in [2.05, 4.69) is 235 Å². The SMILES string of the molecule is c1ccc(-c2ccc(-c3nc(-c4ccc(-c5ccccc5)cc4)nc(-c4cccc5c4oc4cc6c7ccccc7n(-c7ccc(-c8cccc(-c9ccccc9)c8)cc7)c6cc45)n3)cc2)cc1. The molecule has 0 aliphatic heterocycles. The zero-order chi connectivity index (χ0) is 45.0. The topological polar surface area (TPSA) is 56.7 Å². The van der Waals surface area contributed by atoms with Gasteiger partial charge in [0.25, 0.3) is 0 Å². The summed E-state index contributed by atoms with van der Waals surface area (Å²) in [5.74, 6) is 1.72. The molecule has 0 spiro atoms. The summed E-state index contributed by atoms with van der Waals surface area (Å²) in [6, 6.07) is 85.2. The summed E-state index contributed by atoms with van der Waals surface area (Å²) in [6.07, 6.45) is 0. The van der Waals surface area contributed by atoms with Crippen LogP contribution in [0.15, 0.2) is 247 Å². The van der Waals surface area contributed by atoms with E-state index in [0.29, 0.717) is 17.5 Å². The molecule has 0 unspecified atom stereocenters. The van der Waals surface area contributed by atoms with Crippen LogP contribution in [0.5, 0.6) is 0 Å². The van der Waals surface area contributed by atoms with Gasteiger partial charge >= 0.3 is 0 Å². The average molecular weight is 869 g/mol. The molecule has 5 nitrogen and oxygen atoms in total. The van der Waals surface area contributed by atoms with Crippen LogP contribution in [0.2, 0.25) is 0 Å². The Balaban J connectivity index is 0.931. The molecule has 0 fully saturated rings. The largest absolute Gasteiger partial charge is 0.455 e. The van der Waals surface area contributed by atoms with Gasteiger partial charge < -0.3 is 8.98 Å². The van der Waals surface area contributed by atoms with Crippen molar-refractivity contribution in [2.24, 2.45) is 0 Å². The Morgan fingerprint density at radius 3 is 1.32 bits per heavy atom. The van der Waals surface area contributed by atoms with Crippen LogP contribution in [0.1, 0.15) is 0 Å². The van der Waals surface area contributed by atoms with E-state index >= 15 is 0 Å². The molecule has 0 aliphatic carbocycles. The predicted molar refractivity (Wildman–Crippen MR) is 279 cm³/mol. The molecule has 5 heteroatoms. The van der Waals surface area contributed by atoms with E-state index in [4.69, 9.17) is 19.4 Å². The highest BCUT2D eigenvalue weighted by Gasteiger charge is 2.21. The van der Waals surface area contributed by atoms with Crippen molar-refractivity contribution in [2.75, 3.05) is 0 Å². The highest BCUT2D eigenvalue weighted by Crippen LogP contribution is 2.41. The number of benzene rings is 10. The Morgan fingerprint density at radius 1 is 0.279 bits per heavy atom. The quantitative estimate of drug-likeness (QED) is 0.153. The normalized spacial score (nSPS) is 11.5. The van der Waals surface area contributed by atoms with Gasteiger partial charge in [-0.2, -0.15) is 0 Å². The van der Waals surface area contributed by atoms with Gasteiger partial charge in [0.2, 0.25) is 0 Å². The lowest BCUT2D eigenvalue weighted by Crippen LogP contribution is -2.00. The second kappa shape index (κ2) is 16.4. The molecule has 13 rings (SSSR count). The van der Waals surface area contributed by atoms with E-state index in [1.165, 1.54) is 22.3 Å². The molecule has 0 N–H and O–H groups in total. The maximum absolute atomic E-state index is 6.93. The van der Waals surface area contributed by atoms with Crippen LogP contribution >= 0.6 is 0 Å². The van der Waals surface area contributed by atoms with Gasteiger partial charge in [0.05, 0.1) is 16.6 Å². The van der Waals surface area contributed by atoms with E-state index in [0.717, 1.165) is 88.4 Å². The first-order valence-corrected chi connectivity index (χ1v) is 22.9. The number of aromatic nitrogens is 4. The first-order chi connectivity index (χ1) is 33.7. The molecule has 3 aromatic heterocycles. The predicted octanol–water partition coefficient (Wildman–Crippen LogP) is 16.5. The van der Waals surface area contributed by atoms with E-state index < -0.39 is 0 Å².